The Morgan fingerprint density at radius 3 is 2.57 bits per heavy atom. The number of aromatic nitrogens is 4. The predicted octanol–water partition coefficient (Wildman–Crippen LogP) is 4.22. The van der Waals surface area contributed by atoms with E-state index in [9.17, 15) is 14.7 Å². The molecule has 1 unspecified atom stereocenters. The monoisotopic (exact) mass is 489 g/mol. The zero-order valence-corrected chi connectivity index (χ0v) is 20.2. The molecule has 5 rings (SSSR count). The lowest BCUT2D eigenvalue weighted by atomic mass is 9.96. The van der Waals surface area contributed by atoms with Gasteiger partial charge in [-0.1, -0.05) is 36.5 Å². The third-order valence-electron chi connectivity index (χ3n) is 5.76. The molecule has 1 saturated heterocycles. The van der Waals surface area contributed by atoms with Crippen molar-refractivity contribution in [3.63, 3.8) is 0 Å². The van der Waals surface area contributed by atoms with Crippen LogP contribution in [0.4, 0.5) is 5.13 Å². The van der Waals surface area contributed by atoms with Crippen molar-refractivity contribution in [1.29, 1.82) is 0 Å². The number of aliphatic hydroxyl groups is 1. The number of fused-ring (bicyclic) bond motifs is 1. The van der Waals surface area contributed by atoms with Gasteiger partial charge in [0, 0.05) is 6.20 Å². The predicted molar refractivity (Wildman–Crippen MR) is 132 cm³/mol. The number of hydrogen-bond acceptors (Lipinski definition) is 8. The van der Waals surface area contributed by atoms with Crippen molar-refractivity contribution < 1.29 is 19.4 Å². The number of aliphatic hydroxyl groups excluding tert-OH is 1. The minimum atomic E-state index is -0.892. The molecule has 1 N–H and O–H groups in total. The molecule has 1 aromatic carbocycles. The topological polar surface area (TPSA) is 110 Å². The van der Waals surface area contributed by atoms with Gasteiger partial charge in [0.25, 0.3) is 5.78 Å². The Kier molecular flexibility index (Phi) is 5.81. The van der Waals surface area contributed by atoms with Gasteiger partial charge in [0.15, 0.2) is 5.76 Å². The van der Waals surface area contributed by atoms with E-state index in [4.69, 9.17) is 4.74 Å². The second kappa shape index (κ2) is 8.95. The molecular weight excluding hydrogens is 466 g/mol. The minimum Gasteiger partial charge on any atom is -0.505 e. The summed E-state index contributed by atoms with van der Waals surface area (Å²) >= 11 is 1.20. The van der Waals surface area contributed by atoms with Crippen molar-refractivity contribution in [2.75, 3.05) is 11.5 Å². The fraction of sp³-hybridized carbons (Fsp3) is 0.240. The first kappa shape index (κ1) is 22.7. The molecule has 0 spiro atoms. The Labute approximate surface area is 205 Å². The molecule has 3 aromatic heterocycles. The van der Waals surface area contributed by atoms with Gasteiger partial charge in [-0.2, -0.15) is 0 Å². The smallest absolute Gasteiger partial charge is 0.301 e. The molecule has 35 heavy (non-hydrogen) atoms. The quantitative estimate of drug-likeness (QED) is 0.245. The average molecular weight is 490 g/mol. The Morgan fingerprint density at radius 2 is 1.89 bits per heavy atom. The summed E-state index contributed by atoms with van der Waals surface area (Å²) < 4.78 is 7.39. The second-order valence-corrected chi connectivity index (χ2v) is 9.33. The zero-order chi connectivity index (χ0) is 24.7. The van der Waals surface area contributed by atoms with Gasteiger partial charge >= 0.3 is 5.91 Å². The third kappa shape index (κ3) is 3.85. The molecule has 0 aliphatic carbocycles. The van der Waals surface area contributed by atoms with Crippen molar-refractivity contribution in [1.82, 2.24) is 19.6 Å². The number of ether oxygens (including phenoxy) is 1. The summed E-state index contributed by atoms with van der Waals surface area (Å²) in [6.07, 6.45) is 2.63. The molecule has 9 nitrogen and oxygen atoms in total. The van der Waals surface area contributed by atoms with E-state index in [0.717, 1.165) is 6.42 Å². The number of ketones is 1. The maximum atomic E-state index is 13.4. The van der Waals surface area contributed by atoms with Crippen molar-refractivity contribution >= 4 is 39.6 Å². The fourth-order valence-electron chi connectivity index (χ4n) is 4.22. The number of carbonyl (C=O) groups excluding carboxylic acids is 2. The van der Waals surface area contributed by atoms with Crippen molar-refractivity contribution in [2.45, 2.75) is 33.2 Å². The molecule has 1 aliphatic heterocycles. The number of imidazole rings is 1. The van der Waals surface area contributed by atoms with Gasteiger partial charge in [-0.05, 0) is 50.1 Å². The van der Waals surface area contributed by atoms with Crippen LogP contribution in [0.3, 0.4) is 0 Å². The lowest BCUT2D eigenvalue weighted by Crippen LogP contribution is -2.29. The first-order chi connectivity index (χ1) is 16.9. The SMILES string of the molecule is CCCOc1ccc(C2C(=C(O)c3c(C)nc4ccccn34)C(=O)C(=O)N2c2nnc(C)s2)cc1. The lowest BCUT2D eigenvalue weighted by molar-refractivity contribution is -0.132. The molecule has 1 atom stereocenters. The number of pyridine rings is 1. The lowest BCUT2D eigenvalue weighted by Gasteiger charge is -2.22. The highest BCUT2D eigenvalue weighted by molar-refractivity contribution is 7.15. The fourth-order valence-corrected chi connectivity index (χ4v) is 4.94. The van der Waals surface area contributed by atoms with Crippen LogP contribution in [0.15, 0.2) is 54.2 Å². The molecule has 178 valence electrons. The van der Waals surface area contributed by atoms with E-state index in [-0.39, 0.29) is 16.5 Å². The summed E-state index contributed by atoms with van der Waals surface area (Å²) in [6.45, 7) is 6.12. The zero-order valence-electron chi connectivity index (χ0n) is 19.4. The van der Waals surface area contributed by atoms with E-state index in [1.807, 2.05) is 13.0 Å². The number of carbonyl (C=O) groups is 2. The Hall–Kier alpha value is -4.05. The summed E-state index contributed by atoms with van der Waals surface area (Å²) in [4.78, 5) is 32.4. The highest BCUT2D eigenvalue weighted by atomic mass is 32.1. The molecule has 1 amide bonds. The van der Waals surface area contributed by atoms with Crippen LogP contribution >= 0.6 is 11.3 Å². The highest BCUT2D eigenvalue weighted by Crippen LogP contribution is 2.43. The molecule has 4 aromatic rings. The number of benzene rings is 1. The summed E-state index contributed by atoms with van der Waals surface area (Å²) in [6, 6.07) is 11.7. The van der Waals surface area contributed by atoms with Crippen molar-refractivity contribution in [3.8, 4) is 5.75 Å². The van der Waals surface area contributed by atoms with Gasteiger partial charge in [-0.25, -0.2) is 4.98 Å². The first-order valence-corrected chi connectivity index (χ1v) is 12.0. The van der Waals surface area contributed by atoms with Crippen LogP contribution in [-0.2, 0) is 9.59 Å². The van der Waals surface area contributed by atoms with Crippen LogP contribution in [-0.4, -0.2) is 43.0 Å². The molecular formula is C25H23N5O4S. The Morgan fingerprint density at radius 1 is 1.11 bits per heavy atom. The molecule has 0 bridgehead atoms. The molecule has 1 fully saturated rings. The van der Waals surface area contributed by atoms with Crippen molar-refractivity contribution in [2.24, 2.45) is 0 Å². The van der Waals surface area contributed by atoms with Crippen LogP contribution in [0.2, 0.25) is 0 Å². The normalized spacial score (nSPS) is 17.5. The van der Waals surface area contributed by atoms with Gasteiger partial charge in [0.1, 0.15) is 22.1 Å². The molecule has 0 radical (unpaired) electrons. The number of amides is 1. The standard InChI is InChI=1S/C25H23N5O4S/c1-4-13-34-17-10-8-16(9-11-17)21-19(23(32)24(33)30(21)25-28-27-15(3)35-25)22(31)20-14(2)26-18-7-5-6-12-29(18)20/h5-12,21,31H,4,13H2,1-3H3. The Bertz CT molecular complexity index is 1470. The maximum Gasteiger partial charge on any atom is 0.301 e. The van der Waals surface area contributed by atoms with Gasteiger partial charge in [-0.15, -0.1) is 10.2 Å². The third-order valence-corrected chi connectivity index (χ3v) is 6.60. The van der Waals surface area contributed by atoms with Crippen LogP contribution in [0.1, 0.15) is 41.3 Å². The number of Topliss-reactive ketones (excluding diaryl/α,β-unsaturated/α-hetero) is 1. The van der Waals surface area contributed by atoms with Crippen LogP contribution in [0, 0.1) is 13.8 Å². The molecule has 10 heteroatoms. The van der Waals surface area contributed by atoms with Crippen LogP contribution in [0.5, 0.6) is 5.75 Å². The van der Waals surface area contributed by atoms with E-state index in [0.29, 0.717) is 40.0 Å². The van der Waals surface area contributed by atoms with E-state index in [1.165, 1.54) is 16.2 Å². The molecule has 0 saturated carbocycles. The van der Waals surface area contributed by atoms with E-state index in [1.54, 1.807) is 60.8 Å². The van der Waals surface area contributed by atoms with Gasteiger partial charge in [0.05, 0.1) is 23.9 Å². The summed E-state index contributed by atoms with van der Waals surface area (Å²) in [5.41, 5.74) is 2.12. The number of hydrogen-bond donors (Lipinski definition) is 1. The van der Waals surface area contributed by atoms with Crippen molar-refractivity contribution in [3.05, 3.63) is 76.2 Å². The number of nitrogens with zero attached hydrogens (tertiary/aromatic N) is 5. The average Bonchev–Trinajstić information content (AvgIpc) is 3.51. The second-order valence-electron chi connectivity index (χ2n) is 8.16. The summed E-state index contributed by atoms with van der Waals surface area (Å²) in [5.74, 6) is -1.18. The number of aryl methyl sites for hydroxylation is 2. The van der Waals surface area contributed by atoms with Gasteiger partial charge in [-0.3, -0.25) is 18.9 Å². The summed E-state index contributed by atoms with van der Waals surface area (Å²) in [7, 11) is 0. The van der Waals surface area contributed by atoms with Gasteiger partial charge in [0.2, 0.25) is 5.13 Å². The maximum absolute atomic E-state index is 13.4. The minimum absolute atomic E-state index is 0.0289. The van der Waals surface area contributed by atoms with E-state index < -0.39 is 17.7 Å². The largest absolute Gasteiger partial charge is 0.505 e. The van der Waals surface area contributed by atoms with E-state index in [2.05, 4.69) is 15.2 Å². The van der Waals surface area contributed by atoms with Crippen LogP contribution in [0.25, 0.3) is 11.4 Å². The molecule has 4 heterocycles. The summed E-state index contributed by atoms with van der Waals surface area (Å²) in [5, 5.41) is 20.6. The van der Waals surface area contributed by atoms with Gasteiger partial charge < -0.3 is 9.84 Å². The Balaban J connectivity index is 1.71. The number of anilines is 1. The van der Waals surface area contributed by atoms with Crippen LogP contribution < -0.4 is 9.64 Å². The highest BCUT2D eigenvalue weighted by Gasteiger charge is 2.48. The number of rotatable bonds is 6. The molecule has 1 aliphatic rings. The first-order valence-electron chi connectivity index (χ1n) is 11.2. The van der Waals surface area contributed by atoms with E-state index >= 15 is 0 Å².